The highest BCUT2D eigenvalue weighted by Crippen LogP contribution is 2.25. The third-order valence-electron chi connectivity index (χ3n) is 3.14. The average molecular weight is 340 g/mol. The standard InChI is InChI=1S/C15H15F3N4O2/c1-22(2)12-5-3-4-9(20-12)8-19-14(24)11-7-6-10(13(23)21-11)15(16,17)18/h3-7H,8H2,1-2H3,(H,19,24)(H,21,23). The van der Waals surface area contributed by atoms with Gasteiger partial charge >= 0.3 is 6.18 Å². The minimum Gasteiger partial charge on any atom is -0.363 e. The normalized spacial score (nSPS) is 11.2. The summed E-state index contributed by atoms with van der Waals surface area (Å²) in [6.45, 7) is 0.0730. The van der Waals surface area contributed by atoms with Gasteiger partial charge < -0.3 is 15.2 Å². The monoisotopic (exact) mass is 340 g/mol. The molecule has 0 aliphatic rings. The number of anilines is 1. The van der Waals surface area contributed by atoms with Gasteiger partial charge in [-0.1, -0.05) is 6.07 Å². The summed E-state index contributed by atoms with van der Waals surface area (Å²) >= 11 is 0. The Morgan fingerprint density at radius 3 is 2.54 bits per heavy atom. The third-order valence-corrected chi connectivity index (χ3v) is 3.14. The molecule has 6 nitrogen and oxygen atoms in total. The summed E-state index contributed by atoms with van der Waals surface area (Å²) in [6, 6.07) is 6.76. The van der Waals surface area contributed by atoms with E-state index in [0.29, 0.717) is 17.6 Å². The van der Waals surface area contributed by atoms with E-state index in [1.54, 1.807) is 23.1 Å². The van der Waals surface area contributed by atoms with Crippen LogP contribution in [0.3, 0.4) is 0 Å². The van der Waals surface area contributed by atoms with Crippen molar-refractivity contribution in [2.75, 3.05) is 19.0 Å². The van der Waals surface area contributed by atoms with Crippen LogP contribution in [0.4, 0.5) is 19.0 Å². The number of hydrogen-bond donors (Lipinski definition) is 2. The number of carbonyl (C=O) groups excluding carboxylic acids is 1. The molecule has 0 fully saturated rings. The van der Waals surface area contributed by atoms with E-state index < -0.39 is 23.2 Å². The van der Waals surface area contributed by atoms with Crippen molar-refractivity contribution in [3.63, 3.8) is 0 Å². The predicted octanol–water partition coefficient (Wildman–Crippen LogP) is 1.78. The van der Waals surface area contributed by atoms with E-state index in [4.69, 9.17) is 0 Å². The van der Waals surface area contributed by atoms with Crippen LogP contribution in [0.15, 0.2) is 35.1 Å². The number of amides is 1. The molecule has 0 unspecified atom stereocenters. The molecule has 2 heterocycles. The van der Waals surface area contributed by atoms with Crippen molar-refractivity contribution in [1.82, 2.24) is 15.3 Å². The van der Waals surface area contributed by atoms with Gasteiger partial charge in [-0.05, 0) is 24.3 Å². The fourth-order valence-corrected chi connectivity index (χ4v) is 1.91. The van der Waals surface area contributed by atoms with E-state index in [1.807, 2.05) is 19.1 Å². The zero-order valence-electron chi connectivity index (χ0n) is 12.9. The number of alkyl halides is 3. The number of nitrogens with one attached hydrogen (secondary N) is 2. The lowest BCUT2D eigenvalue weighted by Gasteiger charge is -2.12. The Hall–Kier alpha value is -2.84. The first-order valence-electron chi connectivity index (χ1n) is 6.90. The highest BCUT2D eigenvalue weighted by Gasteiger charge is 2.34. The van der Waals surface area contributed by atoms with E-state index >= 15 is 0 Å². The summed E-state index contributed by atoms with van der Waals surface area (Å²) in [7, 11) is 3.63. The average Bonchev–Trinajstić information content (AvgIpc) is 2.51. The molecular formula is C15H15F3N4O2. The highest BCUT2D eigenvalue weighted by atomic mass is 19.4. The Labute approximate surface area is 135 Å². The van der Waals surface area contributed by atoms with Gasteiger partial charge in [-0.2, -0.15) is 13.2 Å². The smallest absolute Gasteiger partial charge is 0.363 e. The number of aromatic nitrogens is 2. The van der Waals surface area contributed by atoms with Gasteiger partial charge in [-0.25, -0.2) is 4.98 Å². The van der Waals surface area contributed by atoms with Gasteiger partial charge in [0.05, 0.1) is 12.2 Å². The second kappa shape index (κ2) is 6.73. The van der Waals surface area contributed by atoms with E-state index in [1.165, 1.54) is 0 Å². The van der Waals surface area contributed by atoms with Crippen molar-refractivity contribution in [1.29, 1.82) is 0 Å². The molecule has 24 heavy (non-hydrogen) atoms. The van der Waals surface area contributed by atoms with E-state index in [0.717, 1.165) is 6.07 Å². The van der Waals surface area contributed by atoms with Gasteiger partial charge in [-0.15, -0.1) is 0 Å². The number of aromatic amines is 1. The first kappa shape index (κ1) is 17.5. The highest BCUT2D eigenvalue weighted by molar-refractivity contribution is 5.92. The van der Waals surface area contributed by atoms with Crippen LogP contribution in [0, 0.1) is 0 Å². The van der Waals surface area contributed by atoms with Crippen LogP contribution in [0.1, 0.15) is 21.7 Å². The molecule has 0 saturated carbocycles. The van der Waals surface area contributed by atoms with Crippen molar-refractivity contribution in [3.05, 3.63) is 57.6 Å². The first-order valence-corrected chi connectivity index (χ1v) is 6.90. The maximum Gasteiger partial charge on any atom is 0.421 e. The Morgan fingerprint density at radius 1 is 1.25 bits per heavy atom. The molecule has 0 aliphatic carbocycles. The molecule has 0 saturated heterocycles. The van der Waals surface area contributed by atoms with Gasteiger partial charge in [0.2, 0.25) is 0 Å². The lowest BCUT2D eigenvalue weighted by atomic mass is 10.2. The Bertz CT molecular complexity index is 800. The number of hydrogen-bond acceptors (Lipinski definition) is 4. The molecule has 9 heteroatoms. The summed E-state index contributed by atoms with van der Waals surface area (Å²) in [4.78, 5) is 31.4. The number of rotatable bonds is 4. The maximum absolute atomic E-state index is 12.5. The topological polar surface area (TPSA) is 78.1 Å². The molecule has 2 aromatic heterocycles. The fraction of sp³-hybridized carbons (Fsp3) is 0.267. The summed E-state index contributed by atoms with van der Waals surface area (Å²) in [5.74, 6) is 0.00238. The number of H-pyrrole nitrogens is 1. The van der Waals surface area contributed by atoms with Crippen LogP contribution in [-0.2, 0) is 12.7 Å². The van der Waals surface area contributed by atoms with Gasteiger partial charge in [-0.3, -0.25) is 9.59 Å². The van der Waals surface area contributed by atoms with Crippen LogP contribution in [-0.4, -0.2) is 30.0 Å². The van der Waals surface area contributed by atoms with E-state index in [-0.39, 0.29) is 12.2 Å². The Morgan fingerprint density at radius 2 is 1.96 bits per heavy atom. The molecule has 0 spiro atoms. The number of nitrogens with zero attached hydrogens (tertiary/aromatic N) is 2. The fourth-order valence-electron chi connectivity index (χ4n) is 1.91. The van der Waals surface area contributed by atoms with Gasteiger partial charge in [0.25, 0.3) is 11.5 Å². The zero-order chi connectivity index (χ0) is 17.9. The maximum atomic E-state index is 12.5. The van der Waals surface area contributed by atoms with Crippen LogP contribution < -0.4 is 15.8 Å². The molecule has 2 aromatic rings. The molecule has 128 valence electrons. The van der Waals surface area contributed by atoms with Crippen LogP contribution in [0.2, 0.25) is 0 Å². The van der Waals surface area contributed by atoms with Crippen LogP contribution in [0.5, 0.6) is 0 Å². The van der Waals surface area contributed by atoms with Crippen molar-refractivity contribution >= 4 is 11.7 Å². The summed E-state index contributed by atoms with van der Waals surface area (Å²) in [6.07, 6.45) is -4.76. The molecule has 1 amide bonds. The number of pyridine rings is 2. The van der Waals surface area contributed by atoms with E-state index in [9.17, 15) is 22.8 Å². The molecule has 0 radical (unpaired) electrons. The van der Waals surface area contributed by atoms with Crippen molar-refractivity contribution in [2.24, 2.45) is 0 Å². The van der Waals surface area contributed by atoms with Crippen LogP contribution >= 0.6 is 0 Å². The summed E-state index contributed by atoms with van der Waals surface area (Å²) in [5, 5.41) is 2.50. The second-order valence-corrected chi connectivity index (χ2v) is 5.18. The minimum absolute atomic E-state index is 0.0730. The molecule has 0 aliphatic heterocycles. The number of carbonyl (C=O) groups is 1. The molecular weight excluding hydrogens is 325 g/mol. The molecule has 2 N–H and O–H groups in total. The van der Waals surface area contributed by atoms with Crippen molar-refractivity contribution in [3.8, 4) is 0 Å². The van der Waals surface area contributed by atoms with Gasteiger partial charge in [0.15, 0.2) is 0 Å². The lowest BCUT2D eigenvalue weighted by Crippen LogP contribution is -2.29. The quantitative estimate of drug-likeness (QED) is 0.889. The van der Waals surface area contributed by atoms with Gasteiger partial charge in [0.1, 0.15) is 17.1 Å². The SMILES string of the molecule is CN(C)c1cccc(CNC(=O)c2ccc(C(F)(F)F)c(=O)[nH]2)n1. The minimum atomic E-state index is -4.76. The Kier molecular flexibility index (Phi) is 4.91. The van der Waals surface area contributed by atoms with Crippen molar-refractivity contribution < 1.29 is 18.0 Å². The lowest BCUT2D eigenvalue weighted by molar-refractivity contribution is -0.138. The zero-order valence-corrected chi connectivity index (χ0v) is 12.9. The largest absolute Gasteiger partial charge is 0.421 e. The summed E-state index contributed by atoms with van der Waals surface area (Å²) in [5.41, 5.74) is -2.39. The van der Waals surface area contributed by atoms with Gasteiger partial charge in [0, 0.05) is 14.1 Å². The predicted molar refractivity (Wildman–Crippen MR) is 81.8 cm³/mol. The molecule has 0 bridgehead atoms. The van der Waals surface area contributed by atoms with Crippen molar-refractivity contribution in [2.45, 2.75) is 12.7 Å². The molecule has 0 aromatic carbocycles. The second-order valence-electron chi connectivity index (χ2n) is 5.18. The first-order chi connectivity index (χ1) is 11.2. The van der Waals surface area contributed by atoms with Crippen LogP contribution in [0.25, 0.3) is 0 Å². The summed E-state index contributed by atoms with van der Waals surface area (Å²) < 4.78 is 37.6. The molecule has 0 atom stereocenters. The third kappa shape index (κ3) is 4.12. The number of halogens is 3. The van der Waals surface area contributed by atoms with E-state index in [2.05, 4.69) is 10.3 Å². The Balaban J connectivity index is 2.09. The molecule has 2 rings (SSSR count).